The smallest absolute Gasteiger partial charge is 0.161 e. The van der Waals surface area contributed by atoms with Crippen LogP contribution in [0.5, 0.6) is 5.75 Å². The quantitative estimate of drug-likeness (QED) is 0.879. The Balaban J connectivity index is 2.51. The SMILES string of the molecule is CCCn1ncc(OC)c1C(NC)c1ncccc1F. The summed E-state index contributed by atoms with van der Waals surface area (Å²) in [5, 5.41) is 7.39. The first-order chi connectivity index (χ1) is 9.72. The predicted molar refractivity (Wildman–Crippen MR) is 74.2 cm³/mol. The van der Waals surface area contributed by atoms with Gasteiger partial charge in [-0.25, -0.2) is 4.39 Å². The molecule has 0 radical (unpaired) electrons. The number of ether oxygens (including phenoxy) is 1. The molecule has 0 saturated heterocycles. The molecule has 0 aliphatic carbocycles. The van der Waals surface area contributed by atoms with Gasteiger partial charge in [0, 0.05) is 12.7 Å². The van der Waals surface area contributed by atoms with E-state index < -0.39 is 6.04 Å². The van der Waals surface area contributed by atoms with E-state index in [-0.39, 0.29) is 5.82 Å². The molecule has 6 heteroatoms. The van der Waals surface area contributed by atoms with Gasteiger partial charge in [0.25, 0.3) is 0 Å². The second-order valence-electron chi connectivity index (χ2n) is 4.41. The van der Waals surface area contributed by atoms with E-state index in [0.29, 0.717) is 11.4 Å². The highest BCUT2D eigenvalue weighted by molar-refractivity contribution is 5.34. The maximum atomic E-state index is 14.0. The summed E-state index contributed by atoms with van der Waals surface area (Å²) >= 11 is 0. The fraction of sp³-hybridized carbons (Fsp3) is 0.429. The van der Waals surface area contributed by atoms with Crippen LogP contribution in [0.25, 0.3) is 0 Å². The summed E-state index contributed by atoms with van der Waals surface area (Å²) in [6, 6.07) is 2.58. The highest BCUT2D eigenvalue weighted by Crippen LogP contribution is 2.30. The van der Waals surface area contributed by atoms with Gasteiger partial charge < -0.3 is 10.1 Å². The number of aromatic nitrogens is 3. The fourth-order valence-electron chi connectivity index (χ4n) is 2.23. The number of hydrogen-bond acceptors (Lipinski definition) is 4. The Labute approximate surface area is 117 Å². The van der Waals surface area contributed by atoms with Crippen LogP contribution >= 0.6 is 0 Å². The first-order valence-electron chi connectivity index (χ1n) is 6.60. The van der Waals surface area contributed by atoms with E-state index in [1.807, 2.05) is 4.68 Å². The van der Waals surface area contributed by atoms with Gasteiger partial charge in [0.05, 0.1) is 25.0 Å². The standard InChI is InChI=1S/C14H19FN4O/c1-4-8-19-14(11(20-3)9-18-19)13(16-2)12-10(15)6-5-7-17-12/h5-7,9,13,16H,4,8H2,1-3H3. The van der Waals surface area contributed by atoms with Gasteiger partial charge in [-0.05, 0) is 25.6 Å². The summed E-state index contributed by atoms with van der Waals surface area (Å²) in [4.78, 5) is 4.15. The van der Waals surface area contributed by atoms with Crippen molar-refractivity contribution in [1.29, 1.82) is 0 Å². The van der Waals surface area contributed by atoms with Crippen LogP contribution < -0.4 is 10.1 Å². The fourth-order valence-corrected chi connectivity index (χ4v) is 2.23. The molecule has 0 saturated carbocycles. The van der Waals surface area contributed by atoms with Gasteiger partial charge in [-0.15, -0.1) is 0 Å². The van der Waals surface area contributed by atoms with Crippen LogP contribution in [0.2, 0.25) is 0 Å². The number of nitrogens with zero attached hydrogens (tertiary/aromatic N) is 3. The van der Waals surface area contributed by atoms with Crippen LogP contribution in [-0.2, 0) is 6.54 Å². The molecule has 0 fully saturated rings. The van der Waals surface area contributed by atoms with Crippen LogP contribution in [-0.4, -0.2) is 28.9 Å². The van der Waals surface area contributed by atoms with Crippen molar-refractivity contribution < 1.29 is 9.13 Å². The van der Waals surface area contributed by atoms with E-state index in [9.17, 15) is 4.39 Å². The third kappa shape index (κ3) is 2.65. The lowest BCUT2D eigenvalue weighted by molar-refractivity contribution is 0.397. The normalized spacial score (nSPS) is 12.4. The summed E-state index contributed by atoms with van der Waals surface area (Å²) in [7, 11) is 3.35. The highest BCUT2D eigenvalue weighted by Gasteiger charge is 2.25. The van der Waals surface area contributed by atoms with Crippen molar-refractivity contribution in [2.45, 2.75) is 25.9 Å². The molecule has 2 aromatic rings. The Hall–Kier alpha value is -1.95. The summed E-state index contributed by atoms with van der Waals surface area (Å²) < 4.78 is 21.2. The molecule has 1 N–H and O–H groups in total. The molecule has 0 aromatic carbocycles. The second-order valence-corrected chi connectivity index (χ2v) is 4.41. The second kappa shape index (κ2) is 6.47. The van der Waals surface area contributed by atoms with Crippen molar-refractivity contribution in [3.8, 4) is 5.75 Å². The summed E-state index contributed by atoms with van der Waals surface area (Å²) in [5.41, 5.74) is 1.13. The molecule has 0 aliphatic rings. The van der Waals surface area contributed by atoms with Crippen LogP contribution in [0.3, 0.4) is 0 Å². The molecule has 0 amide bonds. The van der Waals surface area contributed by atoms with E-state index in [1.165, 1.54) is 6.07 Å². The average Bonchev–Trinajstić information content (AvgIpc) is 2.85. The zero-order valence-electron chi connectivity index (χ0n) is 11.9. The molecule has 108 valence electrons. The van der Waals surface area contributed by atoms with E-state index in [0.717, 1.165) is 18.7 Å². The number of pyridine rings is 1. The zero-order valence-corrected chi connectivity index (χ0v) is 11.9. The number of methoxy groups -OCH3 is 1. The van der Waals surface area contributed by atoms with E-state index >= 15 is 0 Å². The van der Waals surface area contributed by atoms with Gasteiger partial charge in [-0.2, -0.15) is 5.10 Å². The molecule has 20 heavy (non-hydrogen) atoms. The van der Waals surface area contributed by atoms with Crippen LogP contribution in [0, 0.1) is 5.82 Å². The average molecular weight is 278 g/mol. The van der Waals surface area contributed by atoms with Crippen LogP contribution in [0.15, 0.2) is 24.5 Å². The summed E-state index contributed by atoms with van der Waals surface area (Å²) in [6.45, 7) is 2.80. The van der Waals surface area contributed by atoms with Crippen LogP contribution in [0.1, 0.15) is 30.8 Å². The van der Waals surface area contributed by atoms with E-state index in [4.69, 9.17) is 4.74 Å². The van der Waals surface area contributed by atoms with Gasteiger partial charge in [-0.3, -0.25) is 9.67 Å². The largest absolute Gasteiger partial charge is 0.493 e. The lowest BCUT2D eigenvalue weighted by Crippen LogP contribution is -2.24. The molecule has 2 aromatic heterocycles. The third-order valence-corrected chi connectivity index (χ3v) is 3.12. The van der Waals surface area contributed by atoms with Crippen molar-refractivity contribution >= 4 is 0 Å². The molecule has 0 spiro atoms. The van der Waals surface area contributed by atoms with E-state index in [2.05, 4.69) is 22.3 Å². The van der Waals surface area contributed by atoms with Crippen molar-refractivity contribution in [3.05, 3.63) is 41.7 Å². The van der Waals surface area contributed by atoms with Gasteiger partial charge in [-0.1, -0.05) is 6.92 Å². The molecule has 1 atom stereocenters. The van der Waals surface area contributed by atoms with Crippen molar-refractivity contribution in [3.63, 3.8) is 0 Å². The number of rotatable bonds is 6. The molecule has 5 nitrogen and oxygen atoms in total. The molecule has 2 heterocycles. The molecule has 2 rings (SSSR count). The molecule has 0 aliphatic heterocycles. The number of aryl methyl sites for hydroxylation is 1. The van der Waals surface area contributed by atoms with Gasteiger partial charge in [0.15, 0.2) is 5.75 Å². The lowest BCUT2D eigenvalue weighted by atomic mass is 10.1. The van der Waals surface area contributed by atoms with Crippen LogP contribution in [0.4, 0.5) is 4.39 Å². The van der Waals surface area contributed by atoms with Crippen molar-refractivity contribution in [2.24, 2.45) is 0 Å². The first-order valence-corrected chi connectivity index (χ1v) is 6.60. The minimum atomic E-state index is -0.403. The minimum Gasteiger partial charge on any atom is -0.493 e. The Morgan fingerprint density at radius 1 is 1.50 bits per heavy atom. The molecule has 1 unspecified atom stereocenters. The van der Waals surface area contributed by atoms with E-state index in [1.54, 1.807) is 32.6 Å². The number of halogens is 1. The predicted octanol–water partition coefficient (Wildman–Crippen LogP) is 2.14. The zero-order chi connectivity index (χ0) is 14.5. The molecule has 0 bridgehead atoms. The Morgan fingerprint density at radius 3 is 2.90 bits per heavy atom. The first kappa shape index (κ1) is 14.5. The number of hydrogen-bond donors (Lipinski definition) is 1. The topological polar surface area (TPSA) is 52.0 Å². The minimum absolute atomic E-state index is 0.339. The maximum Gasteiger partial charge on any atom is 0.161 e. The lowest BCUT2D eigenvalue weighted by Gasteiger charge is -2.19. The maximum absolute atomic E-state index is 14.0. The van der Waals surface area contributed by atoms with Crippen molar-refractivity contribution in [2.75, 3.05) is 14.2 Å². The van der Waals surface area contributed by atoms with Crippen molar-refractivity contribution in [1.82, 2.24) is 20.1 Å². The Morgan fingerprint density at radius 2 is 2.30 bits per heavy atom. The van der Waals surface area contributed by atoms with Gasteiger partial charge in [0.1, 0.15) is 11.5 Å². The van der Waals surface area contributed by atoms with Gasteiger partial charge >= 0.3 is 0 Å². The highest BCUT2D eigenvalue weighted by atomic mass is 19.1. The summed E-state index contributed by atoms with van der Waals surface area (Å²) in [6.07, 6.45) is 4.16. The third-order valence-electron chi connectivity index (χ3n) is 3.12. The Kier molecular flexibility index (Phi) is 4.68. The Bertz CT molecular complexity index is 570. The summed E-state index contributed by atoms with van der Waals surface area (Å²) in [5.74, 6) is 0.279. The van der Waals surface area contributed by atoms with Gasteiger partial charge in [0.2, 0.25) is 0 Å². The monoisotopic (exact) mass is 278 g/mol. The molecular formula is C14H19FN4O. The number of nitrogens with one attached hydrogen (secondary N) is 1. The molecular weight excluding hydrogens is 259 g/mol.